The van der Waals surface area contributed by atoms with Crippen LogP contribution in [0.25, 0.3) is 0 Å². The summed E-state index contributed by atoms with van der Waals surface area (Å²) >= 11 is 0. The van der Waals surface area contributed by atoms with Crippen molar-refractivity contribution in [3.05, 3.63) is 18.4 Å². The second-order valence-electron chi connectivity index (χ2n) is 7.85. The number of carbonyl (C=O) groups is 1. The summed E-state index contributed by atoms with van der Waals surface area (Å²) in [6.07, 6.45) is 6.82. The van der Waals surface area contributed by atoms with E-state index < -0.39 is 0 Å². The first-order chi connectivity index (χ1) is 12.0. The van der Waals surface area contributed by atoms with Crippen LogP contribution >= 0.6 is 0 Å². The molecule has 25 heavy (non-hydrogen) atoms. The van der Waals surface area contributed by atoms with Gasteiger partial charge in [-0.25, -0.2) is 4.98 Å². The van der Waals surface area contributed by atoms with Crippen LogP contribution in [-0.4, -0.2) is 59.0 Å². The lowest BCUT2D eigenvalue weighted by atomic mass is 9.78. The van der Waals surface area contributed by atoms with Gasteiger partial charge in [0.25, 0.3) is 0 Å². The SMILES string of the molecule is CC1CCCC(NC(=O)C(C)N2CCN(Cc3cocn3)CC2)C1C. The quantitative estimate of drug-likeness (QED) is 0.883. The van der Waals surface area contributed by atoms with E-state index in [1.165, 1.54) is 19.2 Å². The molecule has 1 aromatic heterocycles. The van der Waals surface area contributed by atoms with Gasteiger partial charge in [0, 0.05) is 38.8 Å². The molecule has 140 valence electrons. The molecule has 2 heterocycles. The van der Waals surface area contributed by atoms with E-state index in [0.29, 0.717) is 17.9 Å². The zero-order chi connectivity index (χ0) is 17.8. The molecule has 1 amide bonds. The zero-order valence-corrected chi connectivity index (χ0v) is 15.8. The Kier molecular flexibility index (Phi) is 6.12. The number of piperazine rings is 1. The van der Waals surface area contributed by atoms with E-state index in [2.05, 4.69) is 33.9 Å². The Balaban J connectivity index is 1.45. The Bertz CT molecular complexity index is 540. The summed E-state index contributed by atoms with van der Waals surface area (Å²) in [7, 11) is 0. The minimum absolute atomic E-state index is 0.0568. The van der Waals surface area contributed by atoms with Gasteiger partial charge in [0.15, 0.2) is 6.39 Å². The topological polar surface area (TPSA) is 61.6 Å². The third-order valence-electron chi connectivity index (χ3n) is 6.24. The molecule has 4 unspecified atom stereocenters. The van der Waals surface area contributed by atoms with Crippen molar-refractivity contribution in [2.45, 2.75) is 58.7 Å². The number of nitrogens with one attached hydrogen (secondary N) is 1. The van der Waals surface area contributed by atoms with Crippen LogP contribution in [0.4, 0.5) is 0 Å². The van der Waals surface area contributed by atoms with E-state index in [9.17, 15) is 4.79 Å². The van der Waals surface area contributed by atoms with E-state index >= 15 is 0 Å². The Morgan fingerprint density at radius 1 is 1.32 bits per heavy atom. The highest BCUT2D eigenvalue weighted by Gasteiger charge is 2.31. The number of amides is 1. The van der Waals surface area contributed by atoms with Gasteiger partial charge < -0.3 is 9.73 Å². The first kappa shape index (κ1) is 18.4. The highest BCUT2D eigenvalue weighted by Crippen LogP contribution is 2.29. The third kappa shape index (κ3) is 4.61. The van der Waals surface area contributed by atoms with E-state index in [0.717, 1.165) is 44.8 Å². The Hall–Kier alpha value is -1.40. The van der Waals surface area contributed by atoms with Gasteiger partial charge in [-0.15, -0.1) is 0 Å². The Morgan fingerprint density at radius 3 is 2.76 bits per heavy atom. The lowest BCUT2D eigenvalue weighted by molar-refractivity contribution is -0.128. The van der Waals surface area contributed by atoms with Crippen LogP contribution in [-0.2, 0) is 11.3 Å². The third-order valence-corrected chi connectivity index (χ3v) is 6.24. The summed E-state index contributed by atoms with van der Waals surface area (Å²) in [5, 5.41) is 3.33. The molecule has 0 spiro atoms. The summed E-state index contributed by atoms with van der Waals surface area (Å²) in [4.78, 5) is 21.6. The summed E-state index contributed by atoms with van der Waals surface area (Å²) in [6, 6.07) is 0.283. The van der Waals surface area contributed by atoms with E-state index in [-0.39, 0.29) is 11.9 Å². The molecule has 1 saturated heterocycles. The van der Waals surface area contributed by atoms with E-state index in [1.807, 2.05) is 6.92 Å². The fourth-order valence-electron chi connectivity index (χ4n) is 4.11. The first-order valence-corrected chi connectivity index (χ1v) is 9.68. The van der Waals surface area contributed by atoms with Crippen LogP contribution in [0.1, 0.15) is 45.7 Å². The fraction of sp³-hybridized carbons (Fsp3) is 0.789. The predicted molar refractivity (Wildman–Crippen MR) is 96.9 cm³/mol. The van der Waals surface area contributed by atoms with Crippen molar-refractivity contribution in [2.24, 2.45) is 11.8 Å². The largest absolute Gasteiger partial charge is 0.451 e. The van der Waals surface area contributed by atoms with E-state index in [1.54, 1.807) is 6.26 Å². The molecular weight excluding hydrogens is 316 g/mol. The molecule has 1 saturated carbocycles. The number of oxazole rings is 1. The second-order valence-corrected chi connectivity index (χ2v) is 7.85. The average molecular weight is 348 g/mol. The van der Waals surface area contributed by atoms with Crippen LogP contribution in [0.2, 0.25) is 0 Å². The molecular formula is C19H32N4O2. The maximum atomic E-state index is 12.7. The number of nitrogens with zero attached hydrogens (tertiary/aromatic N) is 3. The van der Waals surface area contributed by atoms with Crippen LogP contribution in [0.3, 0.4) is 0 Å². The number of hydrogen-bond donors (Lipinski definition) is 1. The lowest BCUT2D eigenvalue weighted by Gasteiger charge is -2.39. The molecule has 4 atom stereocenters. The van der Waals surface area contributed by atoms with Crippen molar-refractivity contribution in [1.29, 1.82) is 0 Å². The van der Waals surface area contributed by atoms with Crippen molar-refractivity contribution in [2.75, 3.05) is 26.2 Å². The molecule has 0 aromatic carbocycles. The smallest absolute Gasteiger partial charge is 0.237 e. The number of carbonyl (C=O) groups excluding carboxylic acids is 1. The van der Waals surface area contributed by atoms with Crippen molar-refractivity contribution in [3.63, 3.8) is 0 Å². The van der Waals surface area contributed by atoms with Gasteiger partial charge in [-0.2, -0.15) is 0 Å². The fourth-order valence-corrected chi connectivity index (χ4v) is 4.11. The molecule has 1 aliphatic heterocycles. The summed E-state index contributed by atoms with van der Waals surface area (Å²) in [5.74, 6) is 1.47. The standard InChI is InChI=1S/C19H32N4O2/c1-14-5-4-6-18(15(14)2)21-19(24)16(3)23-9-7-22(8-10-23)11-17-12-25-13-20-17/h12-16,18H,4-11H2,1-3H3,(H,21,24). The van der Waals surface area contributed by atoms with Crippen molar-refractivity contribution >= 4 is 5.91 Å². The molecule has 1 aliphatic carbocycles. The summed E-state index contributed by atoms with van der Waals surface area (Å²) < 4.78 is 5.03. The van der Waals surface area contributed by atoms with Gasteiger partial charge >= 0.3 is 0 Å². The summed E-state index contributed by atoms with van der Waals surface area (Å²) in [5.41, 5.74) is 0.972. The van der Waals surface area contributed by atoms with Gasteiger partial charge in [0.05, 0.1) is 11.7 Å². The monoisotopic (exact) mass is 348 g/mol. The average Bonchev–Trinajstić information content (AvgIpc) is 3.12. The molecule has 6 heteroatoms. The van der Waals surface area contributed by atoms with Crippen LogP contribution < -0.4 is 5.32 Å². The van der Waals surface area contributed by atoms with Crippen molar-refractivity contribution in [1.82, 2.24) is 20.1 Å². The van der Waals surface area contributed by atoms with Crippen LogP contribution in [0.15, 0.2) is 17.1 Å². The van der Waals surface area contributed by atoms with Gasteiger partial charge in [-0.05, 0) is 25.2 Å². The molecule has 0 radical (unpaired) electrons. The van der Waals surface area contributed by atoms with Crippen LogP contribution in [0, 0.1) is 11.8 Å². The Labute approximate surface area is 151 Å². The minimum atomic E-state index is -0.0568. The van der Waals surface area contributed by atoms with Gasteiger partial charge in [0.2, 0.25) is 5.91 Å². The normalized spacial score (nSPS) is 30.1. The predicted octanol–water partition coefficient (Wildman–Crippen LogP) is 2.12. The number of hydrogen-bond acceptors (Lipinski definition) is 5. The highest BCUT2D eigenvalue weighted by atomic mass is 16.3. The molecule has 1 N–H and O–H groups in total. The molecule has 1 aromatic rings. The minimum Gasteiger partial charge on any atom is -0.451 e. The molecule has 0 bridgehead atoms. The maximum Gasteiger partial charge on any atom is 0.237 e. The zero-order valence-electron chi connectivity index (χ0n) is 15.8. The summed E-state index contributed by atoms with van der Waals surface area (Å²) in [6.45, 7) is 11.2. The van der Waals surface area contributed by atoms with E-state index in [4.69, 9.17) is 4.42 Å². The molecule has 2 fully saturated rings. The maximum absolute atomic E-state index is 12.7. The lowest BCUT2D eigenvalue weighted by Crippen LogP contribution is -2.56. The van der Waals surface area contributed by atoms with Crippen LogP contribution in [0.5, 0.6) is 0 Å². The molecule has 6 nitrogen and oxygen atoms in total. The number of aromatic nitrogens is 1. The first-order valence-electron chi connectivity index (χ1n) is 9.68. The second kappa shape index (κ2) is 8.32. The van der Waals surface area contributed by atoms with Crippen molar-refractivity contribution < 1.29 is 9.21 Å². The molecule has 3 rings (SSSR count). The van der Waals surface area contributed by atoms with Gasteiger partial charge in [-0.3, -0.25) is 14.6 Å². The molecule has 2 aliphatic rings. The van der Waals surface area contributed by atoms with Crippen molar-refractivity contribution in [3.8, 4) is 0 Å². The highest BCUT2D eigenvalue weighted by molar-refractivity contribution is 5.81. The Morgan fingerprint density at radius 2 is 2.08 bits per heavy atom. The van der Waals surface area contributed by atoms with Gasteiger partial charge in [-0.1, -0.05) is 26.7 Å². The van der Waals surface area contributed by atoms with Gasteiger partial charge in [0.1, 0.15) is 6.26 Å². The number of rotatable bonds is 5.